The summed E-state index contributed by atoms with van der Waals surface area (Å²) in [6, 6.07) is 16.6. The van der Waals surface area contributed by atoms with E-state index in [1.165, 1.54) is 10.9 Å². The highest BCUT2D eigenvalue weighted by atomic mass is 15.1. The summed E-state index contributed by atoms with van der Waals surface area (Å²) >= 11 is 0. The normalized spacial score (nSPS) is 15.3. The Morgan fingerprint density at radius 1 is 0.935 bits per heavy atom. The summed E-state index contributed by atoms with van der Waals surface area (Å²) in [4.78, 5) is 20.4. The van der Waals surface area contributed by atoms with Gasteiger partial charge in [-0.15, -0.1) is 0 Å². The minimum atomic E-state index is 0.475. The van der Waals surface area contributed by atoms with Gasteiger partial charge in [0.1, 0.15) is 0 Å². The van der Waals surface area contributed by atoms with Crippen LogP contribution >= 0.6 is 0 Å². The Morgan fingerprint density at radius 2 is 1.74 bits per heavy atom. The van der Waals surface area contributed by atoms with E-state index in [0.29, 0.717) is 11.9 Å². The molecule has 0 bridgehead atoms. The van der Waals surface area contributed by atoms with Crippen LogP contribution in [0.15, 0.2) is 67.1 Å². The van der Waals surface area contributed by atoms with Crippen molar-refractivity contribution in [1.82, 2.24) is 24.8 Å². The van der Waals surface area contributed by atoms with Gasteiger partial charge in [-0.3, -0.25) is 14.9 Å². The molecular formula is C25H26N6. The number of aromatic nitrogens is 4. The lowest BCUT2D eigenvalue weighted by molar-refractivity contribution is 0.204. The van der Waals surface area contributed by atoms with Crippen LogP contribution in [0.3, 0.4) is 0 Å². The molecule has 0 unspecified atom stereocenters. The van der Waals surface area contributed by atoms with E-state index in [1.807, 2.05) is 31.3 Å². The zero-order chi connectivity index (χ0) is 21.0. The molecule has 156 valence electrons. The van der Waals surface area contributed by atoms with Crippen LogP contribution < -0.4 is 5.32 Å². The van der Waals surface area contributed by atoms with Crippen LogP contribution in [0.4, 0.5) is 11.6 Å². The molecule has 4 heterocycles. The SMILES string of the molecule is Cc1cc(Nc2ncccn2)cc(C2CCN(Cc3ccnc4ccccc34)CC2)n1. The molecule has 0 radical (unpaired) electrons. The van der Waals surface area contributed by atoms with Gasteiger partial charge < -0.3 is 5.32 Å². The van der Waals surface area contributed by atoms with Gasteiger partial charge in [0.05, 0.1) is 5.52 Å². The van der Waals surface area contributed by atoms with Crippen LogP contribution in [0.2, 0.25) is 0 Å². The molecule has 5 rings (SSSR count). The lowest BCUT2D eigenvalue weighted by Crippen LogP contribution is -2.32. The van der Waals surface area contributed by atoms with Gasteiger partial charge in [-0.05, 0) is 68.8 Å². The molecule has 0 aliphatic carbocycles. The van der Waals surface area contributed by atoms with Gasteiger partial charge in [0, 0.05) is 53.5 Å². The minimum Gasteiger partial charge on any atom is -0.324 e. The molecule has 1 fully saturated rings. The van der Waals surface area contributed by atoms with E-state index < -0.39 is 0 Å². The third kappa shape index (κ3) is 4.54. The molecule has 0 spiro atoms. The number of aryl methyl sites for hydroxylation is 1. The van der Waals surface area contributed by atoms with Crippen molar-refractivity contribution >= 4 is 22.5 Å². The van der Waals surface area contributed by atoms with Gasteiger partial charge in [-0.2, -0.15) is 0 Å². The topological polar surface area (TPSA) is 66.8 Å². The van der Waals surface area contributed by atoms with E-state index in [4.69, 9.17) is 4.98 Å². The molecule has 1 saturated heterocycles. The van der Waals surface area contributed by atoms with Gasteiger partial charge >= 0.3 is 0 Å². The third-order valence-electron chi connectivity index (χ3n) is 5.93. The monoisotopic (exact) mass is 410 g/mol. The molecule has 1 aromatic carbocycles. The fourth-order valence-electron chi connectivity index (χ4n) is 4.39. The van der Waals surface area contributed by atoms with Crippen molar-refractivity contribution in [1.29, 1.82) is 0 Å². The van der Waals surface area contributed by atoms with Crippen molar-refractivity contribution < 1.29 is 0 Å². The van der Waals surface area contributed by atoms with Crippen molar-refractivity contribution in [3.8, 4) is 0 Å². The zero-order valence-corrected chi connectivity index (χ0v) is 17.7. The molecule has 1 aliphatic rings. The summed E-state index contributed by atoms with van der Waals surface area (Å²) in [5.41, 5.74) is 5.60. The van der Waals surface area contributed by atoms with Gasteiger partial charge in [0.25, 0.3) is 0 Å². The number of nitrogens with zero attached hydrogens (tertiary/aromatic N) is 5. The van der Waals surface area contributed by atoms with Crippen LogP contribution in [0, 0.1) is 6.92 Å². The van der Waals surface area contributed by atoms with Crippen molar-refractivity contribution in [3.05, 3.63) is 84.1 Å². The number of fused-ring (bicyclic) bond motifs is 1. The van der Waals surface area contributed by atoms with Gasteiger partial charge in [-0.1, -0.05) is 18.2 Å². The highest BCUT2D eigenvalue weighted by molar-refractivity contribution is 5.81. The Morgan fingerprint density at radius 3 is 2.58 bits per heavy atom. The minimum absolute atomic E-state index is 0.475. The third-order valence-corrected chi connectivity index (χ3v) is 5.93. The van der Waals surface area contributed by atoms with E-state index in [-0.39, 0.29) is 0 Å². The smallest absolute Gasteiger partial charge is 0.227 e. The summed E-state index contributed by atoms with van der Waals surface area (Å²) in [6.45, 7) is 5.16. The predicted octanol–water partition coefficient (Wildman–Crippen LogP) is 4.85. The Labute approximate surface area is 182 Å². The first-order valence-corrected chi connectivity index (χ1v) is 10.8. The molecule has 6 nitrogen and oxygen atoms in total. The molecular weight excluding hydrogens is 384 g/mol. The highest BCUT2D eigenvalue weighted by Gasteiger charge is 2.22. The molecule has 6 heteroatoms. The molecule has 0 atom stereocenters. The molecule has 1 aliphatic heterocycles. The second-order valence-electron chi connectivity index (χ2n) is 8.16. The highest BCUT2D eigenvalue weighted by Crippen LogP contribution is 2.30. The second-order valence-corrected chi connectivity index (χ2v) is 8.16. The van der Waals surface area contributed by atoms with Crippen molar-refractivity contribution in [2.45, 2.75) is 32.2 Å². The number of piperidine rings is 1. The number of hydrogen-bond acceptors (Lipinski definition) is 6. The van der Waals surface area contributed by atoms with Gasteiger partial charge in [0.15, 0.2) is 0 Å². The van der Waals surface area contributed by atoms with Gasteiger partial charge in [0.2, 0.25) is 5.95 Å². The zero-order valence-electron chi connectivity index (χ0n) is 17.7. The predicted molar refractivity (Wildman–Crippen MR) is 123 cm³/mol. The fraction of sp³-hybridized carbons (Fsp3) is 0.280. The number of nitrogens with one attached hydrogen (secondary N) is 1. The Bertz CT molecular complexity index is 1160. The average molecular weight is 411 g/mol. The molecule has 0 amide bonds. The molecule has 31 heavy (non-hydrogen) atoms. The largest absolute Gasteiger partial charge is 0.324 e. The van der Waals surface area contributed by atoms with Crippen LogP contribution in [0.1, 0.15) is 35.7 Å². The Balaban J connectivity index is 1.26. The molecule has 3 aromatic heterocycles. The maximum Gasteiger partial charge on any atom is 0.227 e. The van der Waals surface area contributed by atoms with Crippen molar-refractivity contribution in [3.63, 3.8) is 0 Å². The number of benzene rings is 1. The van der Waals surface area contributed by atoms with E-state index in [0.717, 1.165) is 55.1 Å². The Hall–Kier alpha value is -3.38. The summed E-state index contributed by atoms with van der Waals surface area (Å²) < 4.78 is 0. The summed E-state index contributed by atoms with van der Waals surface area (Å²) in [6.07, 6.45) is 7.63. The summed E-state index contributed by atoms with van der Waals surface area (Å²) in [5.74, 6) is 1.08. The van der Waals surface area contributed by atoms with Crippen LogP contribution in [0.5, 0.6) is 0 Å². The van der Waals surface area contributed by atoms with Crippen LogP contribution in [-0.2, 0) is 6.54 Å². The number of rotatable bonds is 5. The number of pyridine rings is 2. The average Bonchev–Trinajstić information content (AvgIpc) is 2.80. The maximum atomic E-state index is 4.84. The van der Waals surface area contributed by atoms with E-state index in [9.17, 15) is 0 Å². The number of likely N-dealkylation sites (tertiary alicyclic amines) is 1. The fourth-order valence-corrected chi connectivity index (χ4v) is 4.39. The van der Waals surface area contributed by atoms with Crippen LogP contribution in [-0.4, -0.2) is 37.9 Å². The van der Waals surface area contributed by atoms with E-state index in [1.54, 1.807) is 12.4 Å². The molecule has 1 N–H and O–H groups in total. The standard InChI is InChI=1S/C25H26N6/c1-18-15-21(30-25-27-10-4-11-28-25)16-24(29-18)19-8-13-31(14-9-19)17-20-7-12-26-23-6-3-2-5-22(20)23/h2-7,10-12,15-16,19H,8-9,13-14,17H2,1H3,(H,27,28,29,30). The van der Waals surface area contributed by atoms with E-state index >= 15 is 0 Å². The maximum absolute atomic E-state index is 4.84. The first-order chi connectivity index (χ1) is 15.2. The quantitative estimate of drug-likeness (QED) is 0.507. The molecule has 4 aromatic rings. The molecule has 0 saturated carbocycles. The second kappa shape index (κ2) is 8.78. The first kappa shape index (κ1) is 19.6. The van der Waals surface area contributed by atoms with Crippen molar-refractivity contribution in [2.75, 3.05) is 18.4 Å². The van der Waals surface area contributed by atoms with Crippen molar-refractivity contribution in [2.24, 2.45) is 0 Å². The number of hydrogen-bond donors (Lipinski definition) is 1. The number of anilines is 2. The first-order valence-electron chi connectivity index (χ1n) is 10.8. The Kier molecular flexibility index (Phi) is 5.54. The van der Waals surface area contributed by atoms with E-state index in [2.05, 4.69) is 55.5 Å². The summed E-state index contributed by atoms with van der Waals surface area (Å²) in [5, 5.41) is 4.56. The summed E-state index contributed by atoms with van der Waals surface area (Å²) in [7, 11) is 0. The lowest BCUT2D eigenvalue weighted by Gasteiger charge is -2.32. The van der Waals surface area contributed by atoms with Crippen LogP contribution in [0.25, 0.3) is 10.9 Å². The van der Waals surface area contributed by atoms with Gasteiger partial charge in [-0.25, -0.2) is 9.97 Å². The number of para-hydroxylation sites is 1. The lowest BCUT2D eigenvalue weighted by atomic mass is 9.92.